The number of ether oxygens (including phenoxy) is 1. The molecule has 0 aliphatic rings. The minimum Gasteiger partial charge on any atom is -0.406 e. The van der Waals surface area contributed by atoms with Crippen LogP contribution in [0.25, 0.3) is 0 Å². The van der Waals surface area contributed by atoms with Crippen LogP contribution >= 0.6 is 0 Å². The molecule has 0 saturated heterocycles. The Morgan fingerprint density at radius 3 is 2.65 bits per heavy atom. The second-order valence-corrected chi connectivity index (χ2v) is 3.62. The standard InChI is InChI=1S/C12H9F3N4O/c13-12(14,15)20-11-3-1-2-10(4-11)19-18-7-9-5-16-8-17-6-9/h1-8,19H/b18-7+. The first-order valence-electron chi connectivity index (χ1n) is 5.43. The molecule has 104 valence electrons. The highest BCUT2D eigenvalue weighted by Gasteiger charge is 2.31. The second-order valence-electron chi connectivity index (χ2n) is 3.62. The lowest BCUT2D eigenvalue weighted by atomic mass is 10.3. The Bertz CT molecular complexity index is 587. The van der Waals surface area contributed by atoms with Gasteiger partial charge in [-0.2, -0.15) is 5.10 Å². The number of benzene rings is 1. The minimum absolute atomic E-state index is 0.319. The zero-order valence-corrected chi connectivity index (χ0v) is 10.0. The molecule has 20 heavy (non-hydrogen) atoms. The quantitative estimate of drug-likeness (QED) is 0.692. The summed E-state index contributed by atoms with van der Waals surface area (Å²) in [6.45, 7) is 0. The van der Waals surface area contributed by atoms with E-state index in [-0.39, 0.29) is 5.75 Å². The lowest BCUT2D eigenvalue weighted by molar-refractivity contribution is -0.274. The maximum atomic E-state index is 12.1. The van der Waals surface area contributed by atoms with Crippen molar-refractivity contribution >= 4 is 11.9 Å². The predicted molar refractivity (Wildman–Crippen MR) is 66.4 cm³/mol. The Morgan fingerprint density at radius 1 is 1.20 bits per heavy atom. The van der Waals surface area contributed by atoms with E-state index < -0.39 is 6.36 Å². The van der Waals surface area contributed by atoms with Crippen LogP contribution in [-0.4, -0.2) is 22.5 Å². The van der Waals surface area contributed by atoms with Crippen molar-refractivity contribution < 1.29 is 17.9 Å². The molecular formula is C12H9F3N4O. The molecule has 1 N–H and O–H groups in total. The molecule has 0 spiro atoms. The third-order valence-electron chi connectivity index (χ3n) is 2.06. The van der Waals surface area contributed by atoms with Gasteiger partial charge in [0.25, 0.3) is 0 Å². The van der Waals surface area contributed by atoms with Gasteiger partial charge in [-0.25, -0.2) is 9.97 Å². The molecule has 1 heterocycles. The van der Waals surface area contributed by atoms with Gasteiger partial charge in [-0.05, 0) is 12.1 Å². The average molecular weight is 282 g/mol. The fourth-order valence-electron chi connectivity index (χ4n) is 1.32. The third kappa shape index (κ3) is 4.56. The van der Waals surface area contributed by atoms with E-state index in [1.54, 1.807) is 18.5 Å². The van der Waals surface area contributed by atoms with Crippen LogP contribution in [0, 0.1) is 0 Å². The van der Waals surface area contributed by atoms with Crippen molar-refractivity contribution in [1.29, 1.82) is 0 Å². The summed E-state index contributed by atoms with van der Waals surface area (Å²) in [5.41, 5.74) is 3.60. The van der Waals surface area contributed by atoms with Crippen molar-refractivity contribution in [2.75, 3.05) is 5.43 Å². The molecular weight excluding hydrogens is 273 g/mol. The molecule has 1 aromatic heterocycles. The van der Waals surface area contributed by atoms with Gasteiger partial charge in [0, 0.05) is 24.0 Å². The molecule has 1 aromatic carbocycles. The van der Waals surface area contributed by atoms with E-state index in [0.29, 0.717) is 11.3 Å². The van der Waals surface area contributed by atoms with Crippen LogP contribution in [0.2, 0.25) is 0 Å². The smallest absolute Gasteiger partial charge is 0.406 e. The molecule has 8 heteroatoms. The number of aromatic nitrogens is 2. The zero-order chi connectivity index (χ0) is 14.4. The lowest BCUT2D eigenvalue weighted by Gasteiger charge is -2.09. The van der Waals surface area contributed by atoms with E-state index in [0.717, 1.165) is 0 Å². The van der Waals surface area contributed by atoms with Gasteiger partial charge in [0.15, 0.2) is 0 Å². The molecule has 2 aromatic rings. The number of hydrogen-bond donors (Lipinski definition) is 1. The number of nitrogens with zero attached hydrogens (tertiary/aromatic N) is 3. The van der Waals surface area contributed by atoms with Gasteiger partial charge in [0.05, 0.1) is 11.9 Å². The van der Waals surface area contributed by atoms with E-state index >= 15 is 0 Å². The van der Waals surface area contributed by atoms with Gasteiger partial charge in [-0.1, -0.05) is 6.07 Å². The van der Waals surface area contributed by atoms with Gasteiger partial charge in [-0.3, -0.25) is 5.43 Å². The van der Waals surface area contributed by atoms with Gasteiger partial charge in [-0.15, -0.1) is 13.2 Å². The number of halogens is 3. The van der Waals surface area contributed by atoms with Crippen molar-refractivity contribution in [3.05, 3.63) is 48.5 Å². The molecule has 0 fully saturated rings. The highest BCUT2D eigenvalue weighted by molar-refractivity contribution is 5.79. The van der Waals surface area contributed by atoms with Gasteiger partial charge in [0.1, 0.15) is 12.1 Å². The van der Waals surface area contributed by atoms with Crippen LogP contribution in [0.3, 0.4) is 0 Å². The fraction of sp³-hybridized carbons (Fsp3) is 0.0833. The largest absolute Gasteiger partial charge is 0.573 e. The van der Waals surface area contributed by atoms with E-state index in [1.165, 1.54) is 30.7 Å². The van der Waals surface area contributed by atoms with Gasteiger partial charge in [0.2, 0.25) is 0 Å². The Morgan fingerprint density at radius 2 is 1.95 bits per heavy atom. The first-order chi connectivity index (χ1) is 9.53. The van der Waals surface area contributed by atoms with Crippen LogP contribution < -0.4 is 10.2 Å². The summed E-state index contributed by atoms with van der Waals surface area (Å²) in [6.07, 6.45) is 1.19. The van der Waals surface area contributed by atoms with Gasteiger partial charge < -0.3 is 4.74 Å². The second kappa shape index (κ2) is 6.00. The summed E-state index contributed by atoms with van der Waals surface area (Å²) in [7, 11) is 0. The summed E-state index contributed by atoms with van der Waals surface area (Å²) in [5.74, 6) is -0.319. The first-order valence-corrected chi connectivity index (χ1v) is 5.43. The lowest BCUT2D eigenvalue weighted by Crippen LogP contribution is -2.17. The normalized spacial score (nSPS) is 11.6. The molecule has 0 aliphatic carbocycles. The average Bonchev–Trinajstić information content (AvgIpc) is 2.38. The Balaban J connectivity index is 2.00. The van der Waals surface area contributed by atoms with E-state index in [9.17, 15) is 13.2 Å². The van der Waals surface area contributed by atoms with Gasteiger partial charge >= 0.3 is 6.36 Å². The number of hydrogen-bond acceptors (Lipinski definition) is 5. The van der Waals surface area contributed by atoms with Crippen LogP contribution in [0.1, 0.15) is 5.56 Å². The number of nitrogens with one attached hydrogen (secondary N) is 1. The molecule has 5 nitrogen and oxygen atoms in total. The summed E-state index contributed by atoms with van der Waals surface area (Å²) in [4.78, 5) is 7.58. The van der Waals surface area contributed by atoms with Crippen LogP contribution in [0.4, 0.5) is 18.9 Å². The fourth-order valence-corrected chi connectivity index (χ4v) is 1.32. The molecule has 0 aliphatic heterocycles. The number of hydrazone groups is 1. The van der Waals surface area contributed by atoms with E-state index in [4.69, 9.17) is 0 Å². The van der Waals surface area contributed by atoms with Crippen LogP contribution in [0.5, 0.6) is 5.75 Å². The van der Waals surface area contributed by atoms with Crippen molar-refractivity contribution in [2.45, 2.75) is 6.36 Å². The molecule has 0 saturated carbocycles. The first kappa shape index (κ1) is 13.8. The summed E-state index contributed by atoms with van der Waals surface area (Å²) >= 11 is 0. The molecule has 0 unspecified atom stereocenters. The topological polar surface area (TPSA) is 59.4 Å². The summed E-state index contributed by atoms with van der Waals surface area (Å²) in [6, 6.07) is 5.37. The molecule has 0 atom stereocenters. The summed E-state index contributed by atoms with van der Waals surface area (Å²) < 4.78 is 40.0. The Hall–Kier alpha value is -2.64. The van der Waals surface area contributed by atoms with Crippen molar-refractivity contribution in [3.63, 3.8) is 0 Å². The maximum Gasteiger partial charge on any atom is 0.573 e. The van der Waals surface area contributed by atoms with Crippen molar-refractivity contribution in [2.24, 2.45) is 5.10 Å². The Kier molecular flexibility index (Phi) is 4.14. The molecule has 2 rings (SSSR count). The summed E-state index contributed by atoms with van der Waals surface area (Å²) in [5, 5.41) is 3.86. The third-order valence-corrected chi connectivity index (χ3v) is 2.06. The maximum absolute atomic E-state index is 12.1. The monoisotopic (exact) mass is 282 g/mol. The number of alkyl halides is 3. The van der Waals surface area contributed by atoms with E-state index in [2.05, 4.69) is 25.2 Å². The van der Waals surface area contributed by atoms with Crippen molar-refractivity contribution in [3.8, 4) is 5.75 Å². The van der Waals surface area contributed by atoms with E-state index in [1.807, 2.05) is 0 Å². The Labute approximate surface area is 112 Å². The predicted octanol–water partition coefficient (Wildman–Crippen LogP) is 2.82. The van der Waals surface area contributed by atoms with Crippen molar-refractivity contribution in [1.82, 2.24) is 9.97 Å². The van der Waals surface area contributed by atoms with Crippen LogP contribution in [0.15, 0.2) is 48.1 Å². The highest BCUT2D eigenvalue weighted by atomic mass is 19.4. The molecule has 0 amide bonds. The number of rotatable bonds is 4. The SMILES string of the molecule is FC(F)(F)Oc1cccc(N/N=C/c2cncnc2)c1. The highest BCUT2D eigenvalue weighted by Crippen LogP contribution is 2.24. The molecule has 0 bridgehead atoms. The zero-order valence-electron chi connectivity index (χ0n) is 10.0. The minimum atomic E-state index is -4.72. The number of anilines is 1. The van der Waals surface area contributed by atoms with Crippen LogP contribution in [-0.2, 0) is 0 Å². The molecule has 0 radical (unpaired) electrons.